The predicted molar refractivity (Wildman–Crippen MR) is 41.7 cm³/mol. The van der Waals surface area contributed by atoms with E-state index < -0.39 is 24.0 Å². The number of aliphatic carboxylic acids is 1. The number of hydrogen-bond donors (Lipinski definition) is 4. The Hall–Kier alpha value is -1.44. The number of hydrogen-bond acceptors (Lipinski definition) is 6. The second-order valence-electron chi connectivity index (χ2n) is 2.44. The van der Waals surface area contributed by atoms with E-state index in [2.05, 4.69) is 4.74 Å². The van der Waals surface area contributed by atoms with Crippen molar-refractivity contribution in [1.82, 2.24) is 0 Å². The van der Waals surface area contributed by atoms with Crippen molar-refractivity contribution in [3.05, 3.63) is 12.2 Å². The van der Waals surface area contributed by atoms with E-state index in [1.807, 2.05) is 0 Å². The van der Waals surface area contributed by atoms with Crippen LogP contribution in [0.2, 0.25) is 0 Å². The highest BCUT2D eigenvalue weighted by Gasteiger charge is 2.30. The molecule has 0 spiro atoms. The molecular formula is C7H10O7. The molecule has 0 rings (SSSR count). The number of ether oxygens (including phenoxy) is 1. The van der Waals surface area contributed by atoms with Crippen molar-refractivity contribution in [1.29, 1.82) is 0 Å². The van der Waals surface area contributed by atoms with Gasteiger partial charge >= 0.3 is 17.9 Å². The summed E-state index contributed by atoms with van der Waals surface area (Å²) in [5, 5.41) is 33.6. The van der Waals surface area contributed by atoms with Crippen LogP contribution in [0.25, 0.3) is 0 Å². The minimum absolute atomic E-state index is 0.517. The Bertz CT molecular complexity index is 249. The molecule has 0 heterocycles. The smallest absolute Gasteiger partial charge is 0.331 e. The van der Waals surface area contributed by atoms with Crippen molar-refractivity contribution in [2.75, 3.05) is 0 Å². The highest BCUT2D eigenvalue weighted by atomic mass is 16.7. The molecule has 0 saturated carbocycles. The summed E-state index contributed by atoms with van der Waals surface area (Å²) >= 11 is 0. The average molecular weight is 206 g/mol. The molecule has 0 saturated heterocycles. The minimum Gasteiger partial charge on any atom is -0.478 e. The summed E-state index contributed by atoms with van der Waals surface area (Å²) in [4.78, 5) is 20.6. The quantitative estimate of drug-likeness (QED) is 0.243. The van der Waals surface area contributed by atoms with Gasteiger partial charge in [0.25, 0.3) is 0 Å². The van der Waals surface area contributed by atoms with Gasteiger partial charge in [-0.3, -0.25) is 0 Å². The summed E-state index contributed by atoms with van der Waals surface area (Å²) in [6.07, 6.45) is -0.499. The first-order chi connectivity index (χ1) is 6.23. The van der Waals surface area contributed by atoms with Crippen LogP contribution in [-0.4, -0.2) is 44.4 Å². The predicted octanol–water partition coefficient (Wildman–Crippen LogP) is -1.81. The fourth-order valence-electron chi connectivity index (χ4n) is 0.432. The van der Waals surface area contributed by atoms with Crippen LogP contribution < -0.4 is 0 Å². The first-order valence-corrected chi connectivity index (χ1v) is 3.52. The van der Waals surface area contributed by atoms with Crippen molar-refractivity contribution in [2.45, 2.75) is 19.0 Å². The van der Waals surface area contributed by atoms with Gasteiger partial charge in [-0.1, -0.05) is 0 Å². The van der Waals surface area contributed by atoms with Crippen molar-refractivity contribution >= 4 is 11.9 Å². The van der Waals surface area contributed by atoms with E-state index >= 15 is 0 Å². The Labute approximate surface area is 78.9 Å². The van der Waals surface area contributed by atoms with E-state index in [1.54, 1.807) is 0 Å². The van der Waals surface area contributed by atoms with Gasteiger partial charge in [0.05, 0.1) is 0 Å². The number of carbonyl (C=O) groups excluding carboxylic acids is 1. The van der Waals surface area contributed by atoms with Gasteiger partial charge in [0.15, 0.2) is 6.10 Å². The highest BCUT2D eigenvalue weighted by Crippen LogP contribution is 2.06. The van der Waals surface area contributed by atoms with Gasteiger partial charge in [-0.2, -0.15) is 0 Å². The molecule has 1 unspecified atom stereocenters. The minimum atomic E-state index is -3.15. The number of esters is 1. The Morgan fingerprint density at radius 2 is 1.79 bits per heavy atom. The van der Waals surface area contributed by atoms with Gasteiger partial charge in [0.1, 0.15) is 0 Å². The summed E-state index contributed by atoms with van der Waals surface area (Å²) in [6.45, 7) is 1.02. The molecule has 1 atom stereocenters. The summed E-state index contributed by atoms with van der Waals surface area (Å²) in [6, 6.07) is 0. The highest BCUT2D eigenvalue weighted by molar-refractivity contribution is 5.90. The van der Waals surface area contributed by atoms with Crippen LogP contribution in [0.1, 0.15) is 6.92 Å². The molecule has 0 aliphatic carbocycles. The fraction of sp³-hybridized carbons (Fsp3) is 0.429. The second kappa shape index (κ2) is 4.70. The van der Waals surface area contributed by atoms with Crippen molar-refractivity contribution in [3.63, 3.8) is 0 Å². The Kier molecular flexibility index (Phi) is 4.22. The standard InChI is InChI=1S/C7H10O7/c1-4(7(11,12)13)14-6(10)3-2-5(8)9/h2-4,11-13H,1H3,(H,8,9)/b3-2+. The van der Waals surface area contributed by atoms with Gasteiger partial charge in [0, 0.05) is 12.2 Å². The Morgan fingerprint density at radius 3 is 2.14 bits per heavy atom. The lowest BCUT2D eigenvalue weighted by Crippen LogP contribution is -2.42. The molecule has 7 nitrogen and oxygen atoms in total. The third-order valence-electron chi connectivity index (χ3n) is 1.20. The lowest BCUT2D eigenvalue weighted by molar-refractivity contribution is -0.351. The van der Waals surface area contributed by atoms with Crippen LogP contribution in [0.5, 0.6) is 0 Å². The zero-order chi connectivity index (χ0) is 11.4. The number of rotatable bonds is 4. The van der Waals surface area contributed by atoms with Gasteiger partial charge in [0.2, 0.25) is 0 Å². The summed E-state index contributed by atoms with van der Waals surface area (Å²) in [5.41, 5.74) is 0. The summed E-state index contributed by atoms with van der Waals surface area (Å²) < 4.78 is 4.23. The van der Waals surface area contributed by atoms with E-state index in [1.165, 1.54) is 0 Å². The lowest BCUT2D eigenvalue weighted by atomic mass is 10.3. The molecule has 0 amide bonds. The van der Waals surface area contributed by atoms with Gasteiger partial charge < -0.3 is 25.2 Å². The van der Waals surface area contributed by atoms with Crippen molar-refractivity contribution in [2.24, 2.45) is 0 Å². The van der Waals surface area contributed by atoms with Gasteiger partial charge in [-0.25, -0.2) is 9.59 Å². The van der Waals surface area contributed by atoms with E-state index in [9.17, 15) is 9.59 Å². The molecule has 0 aromatic heterocycles. The summed E-state index contributed by atoms with van der Waals surface area (Å²) in [5.74, 6) is -5.61. The maximum Gasteiger partial charge on any atom is 0.331 e. The molecule has 0 aliphatic heterocycles. The molecule has 0 aromatic carbocycles. The first kappa shape index (κ1) is 12.6. The normalized spacial score (nSPS) is 14.0. The SMILES string of the molecule is CC(OC(=O)/C=C/C(=O)O)C(O)(O)O. The third kappa shape index (κ3) is 5.25. The maximum absolute atomic E-state index is 10.7. The molecule has 0 aromatic rings. The van der Waals surface area contributed by atoms with Crippen LogP contribution in [0, 0.1) is 0 Å². The largest absolute Gasteiger partial charge is 0.478 e. The topological polar surface area (TPSA) is 124 Å². The van der Waals surface area contributed by atoms with Crippen LogP contribution in [0.3, 0.4) is 0 Å². The molecule has 7 heteroatoms. The van der Waals surface area contributed by atoms with Gasteiger partial charge in [-0.05, 0) is 6.92 Å². The molecule has 0 radical (unpaired) electrons. The zero-order valence-electron chi connectivity index (χ0n) is 7.25. The first-order valence-electron chi connectivity index (χ1n) is 3.52. The number of carbonyl (C=O) groups is 2. The molecule has 4 N–H and O–H groups in total. The van der Waals surface area contributed by atoms with Crippen molar-refractivity contribution < 1.29 is 34.8 Å². The number of carboxylic acid groups (broad SMARTS) is 1. The lowest BCUT2D eigenvalue weighted by Gasteiger charge is -2.21. The number of carboxylic acids is 1. The maximum atomic E-state index is 10.7. The molecule has 80 valence electrons. The van der Waals surface area contributed by atoms with Crippen molar-refractivity contribution in [3.8, 4) is 0 Å². The van der Waals surface area contributed by atoms with Crippen LogP contribution in [-0.2, 0) is 14.3 Å². The van der Waals surface area contributed by atoms with Crippen LogP contribution in [0.4, 0.5) is 0 Å². The average Bonchev–Trinajstić information content (AvgIpc) is 1.99. The fourth-order valence-corrected chi connectivity index (χ4v) is 0.432. The van der Waals surface area contributed by atoms with E-state index in [4.69, 9.17) is 20.4 Å². The molecule has 0 bridgehead atoms. The zero-order valence-corrected chi connectivity index (χ0v) is 7.25. The van der Waals surface area contributed by atoms with Crippen LogP contribution >= 0.6 is 0 Å². The number of aliphatic hydroxyl groups is 3. The van der Waals surface area contributed by atoms with Crippen LogP contribution in [0.15, 0.2) is 12.2 Å². The van der Waals surface area contributed by atoms with E-state index in [-0.39, 0.29) is 0 Å². The molecule has 0 fully saturated rings. The second-order valence-corrected chi connectivity index (χ2v) is 2.44. The third-order valence-corrected chi connectivity index (χ3v) is 1.20. The van der Waals surface area contributed by atoms with E-state index in [0.717, 1.165) is 6.92 Å². The molecular weight excluding hydrogens is 196 g/mol. The molecule has 0 aliphatic rings. The van der Waals surface area contributed by atoms with Gasteiger partial charge in [-0.15, -0.1) is 0 Å². The Morgan fingerprint density at radius 1 is 1.29 bits per heavy atom. The summed E-state index contributed by atoms with van der Waals surface area (Å²) in [7, 11) is 0. The Balaban J connectivity index is 4.14. The van der Waals surface area contributed by atoms with E-state index in [0.29, 0.717) is 12.2 Å². The molecule has 14 heavy (non-hydrogen) atoms. The monoisotopic (exact) mass is 206 g/mol.